The molecule has 23 heavy (non-hydrogen) atoms. The van der Waals surface area contributed by atoms with Crippen LogP contribution in [0.3, 0.4) is 0 Å². The van der Waals surface area contributed by atoms with Gasteiger partial charge in [-0.2, -0.15) is 4.98 Å². The summed E-state index contributed by atoms with van der Waals surface area (Å²) in [5.41, 5.74) is 1.36. The number of hydrogen-bond acceptors (Lipinski definition) is 4. The van der Waals surface area contributed by atoms with E-state index in [1.54, 1.807) is 6.92 Å². The van der Waals surface area contributed by atoms with E-state index in [0.29, 0.717) is 24.3 Å². The summed E-state index contributed by atoms with van der Waals surface area (Å²) in [6.07, 6.45) is 4.28. The second kappa shape index (κ2) is 5.77. The molecule has 1 aromatic heterocycles. The van der Waals surface area contributed by atoms with Gasteiger partial charge in [0, 0.05) is 25.9 Å². The number of carbonyl (C=O) groups is 1. The number of nitrogens with zero attached hydrogens (tertiary/aromatic N) is 3. The Morgan fingerprint density at radius 2 is 2.13 bits per heavy atom. The maximum absolute atomic E-state index is 13.0. The van der Waals surface area contributed by atoms with Crippen LogP contribution in [0.5, 0.6) is 0 Å². The van der Waals surface area contributed by atoms with Gasteiger partial charge >= 0.3 is 0 Å². The lowest BCUT2D eigenvalue weighted by Crippen LogP contribution is -2.41. The van der Waals surface area contributed by atoms with E-state index in [1.165, 1.54) is 5.57 Å². The zero-order valence-corrected chi connectivity index (χ0v) is 14.8. The van der Waals surface area contributed by atoms with Crippen molar-refractivity contribution in [3.63, 3.8) is 0 Å². The van der Waals surface area contributed by atoms with Crippen molar-refractivity contribution < 1.29 is 9.32 Å². The third-order valence-corrected chi connectivity index (χ3v) is 5.33. The summed E-state index contributed by atoms with van der Waals surface area (Å²) in [5.74, 6) is 2.32. The smallest absolute Gasteiger partial charge is 0.226 e. The zero-order valence-electron chi connectivity index (χ0n) is 14.8. The molecule has 0 aromatic carbocycles. The Bertz CT molecular complexity index is 628. The molecule has 1 saturated heterocycles. The van der Waals surface area contributed by atoms with E-state index in [1.807, 2.05) is 4.90 Å². The summed E-state index contributed by atoms with van der Waals surface area (Å²) < 4.78 is 5.09. The molecule has 5 nitrogen and oxygen atoms in total. The standard InChI is InChI=1S/C18H27N3O2/c1-11(2)9-14-15(18(14,4)5)17(22)21-8-6-7-13(10-21)16-19-12(3)23-20-16/h9,13-15H,6-8,10H2,1-5H3/t13-,14-,15-/m1/s1. The van der Waals surface area contributed by atoms with Crippen molar-refractivity contribution in [2.45, 2.75) is 53.4 Å². The van der Waals surface area contributed by atoms with Gasteiger partial charge < -0.3 is 9.42 Å². The molecule has 1 aromatic rings. The second-order valence-electron chi connectivity index (χ2n) is 7.86. The first kappa shape index (κ1) is 16.2. The van der Waals surface area contributed by atoms with E-state index in [2.05, 4.69) is 43.9 Å². The molecule has 3 rings (SSSR count). The minimum Gasteiger partial charge on any atom is -0.342 e. The molecule has 3 atom stereocenters. The van der Waals surface area contributed by atoms with Gasteiger partial charge in [-0.25, -0.2) is 0 Å². The number of hydrogen-bond donors (Lipinski definition) is 0. The summed E-state index contributed by atoms with van der Waals surface area (Å²) >= 11 is 0. The van der Waals surface area contributed by atoms with E-state index in [-0.39, 0.29) is 17.3 Å². The molecular formula is C18H27N3O2. The molecule has 2 heterocycles. The lowest BCUT2D eigenvalue weighted by Gasteiger charge is -2.31. The van der Waals surface area contributed by atoms with Crippen molar-refractivity contribution in [2.75, 3.05) is 13.1 Å². The van der Waals surface area contributed by atoms with Crippen molar-refractivity contribution >= 4 is 5.91 Å². The van der Waals surface area contributed by atoms with Crippen LogP contribution >= 0.6 is 0 Å². The van der Waals surface area contributed by atoms with Gasteiger partial charge in [-0.1, -0.05) is 30.7 Å². The summed E-state index contributed by atoms with van der Waals surface area (Å²) in [6, 6.07) is 0. The Labute approximate surface area is 138 Å². The maximum atomic E-state index is 13.0. The average Bonchev–Trinajstić information content (AvgIpc) is 2.84. The normalized spacial score (nSPS) is 29.3. The van der Waals surface area contributed by atoms with E-state index in [4.69, 9.17) is 4.52 Å². The molecule has 0 radical (unpaired) electrons. The molecule has 126 valence electrons. The Hall–Kier alpha value is -1.65. The van der Waals surface area contributed by atoms with Gasteiger partial charge in [-0.05, 0) is 38.0 Å². The van der Waals surface area contributed by atoms with Crippen LogP contribution in [0.15, 0.2) is 16.2 Å². The SMILES string of the molecule is CC(C)=C[C@@H]1[C@H](C(=O)N2CCC[C@@H](c3noc(C)n3)C2)C1(C)C. The Balaban J connectivity index is 1.69. The number of carbonyl (C=O) groups excluding carboxylic acids is 1. The van der Waals surface area contributed by atoms with E-state index in [9.17, 15) is 4.79 Å². The lowest BCUT2D eigenvalue weighted by atomic mass is 9.96. The molecule has 5 heteroatoms. The number of allylic oxidation sites excluding steroid dienone is 2. The fourth-order valence-electron chi connectivity index (χ4n) is 3.89. The molecule has 1 saturated carbocycles. The third-order valence-electron chi connectivity index (χ3n) is 5.33. The van der Waals surface area contributed by atoms with E-state index in [0.717, 1.165) is 25.2 Å². The highest BCUT2D eigenvalue weighted by Crippen LogP contribution is 2.60. The quantitative estimate of drug-likeness (QED) is 0.802. The van der Waals surface area contributed by atoms with Crippen molar-refractivity contribution in [1.82, 2.24) is 15.0 Å². The summed E-state index contributed by atoms with van der Waals surface area (Å²) in [5, 5.41) is 4.04. The Morgan fingerprint density at radius 1 is 1.39 bits per heavy atom. The molecule has 1 amide bonds. The van der Waals surface area contributed by atoms with Gasteiger partial charge in [0.25, 0.3) is 0 Å². The number of aromatic nitrogens is 2. The first-order valence-corrected chi connectivity index (χ1v) is 8.54. The van der Waals surface area contributed by atoms with Crippen LogP contribution in [0.25, 0.3) is 0 Å². The fourth-order valence-corrected chi connectivity index (χ4v) is 3.89. The van der Waals surface area contributed by atoms with Gasteiger partial charge in [-0.3, -0.25) is 4.79 Å². The average molecular weight is 317 g/mol. The molecule has 0 bridgehead atoms. The number of rotatable bonds is 3. The predicted molar refractivity (Wildman–Crippen MR) is 87.8 cm³/mol. The summed E-state index contributed by atoms with van der Waals surface area (Å²) in [4.78, 5) is 19.3. The van der Waals surface area contributed by atoms with Crippen molar-refractivity contribution in [3.8, 4) is 0 Å². The molecule has 1 aliphatic carbocycles. The highest BCUT2D eigenvalue weighted by molar-refractivity contribution is 5.84. The second-order valence-corrected chi connectivity index (χ2v) is 7.86. The first-order chi connectivity index (χ1) is 10.8. The largest absolute Gasteiger partial charge is 0.342 e. The van der Waals surface area contributed by atoms with Gasteiger partial charge in [0.15, 0.2) is 5.82 Å². The minimum atomic E-state index is 0.0734. The molecule has 0 N–H and O–H groups in total. The van der Waals surface area contributed by atoms with Crippen molar-refractivity contribution in [3.05, 3.63) is 23.4 Å². The first-order valence-electron chi connectivity index (χ1n) is 8.54. The fraction of sp³-hybridized carbons (Fsp3) is 0.722. The van der Waals surface area contributed by atoms with Crippen LogP contribution < -0.4 is 0 Å². The Morgan fingerprint density at radius 3 is 2.74 bits per heavy atom. The van der Waals surface area contributed by atoms with Crippen LogP contribution in [-0.2, 0) is 4.79 Å². The van der Waals surface area contributed by atoms with Crippen LogP contribution in [0.4, 0.5) is 0 Å². The van der Waals surface area contributed by atoms with Crippen LogP contribution in [0.2, 0.25) is 0 Å². The maximum Gasteiger partial charge on any atom is 0.226 e. The van der Waals surface area contributed by atoms with E-state index >= 15 is 0 Å². The predicted octanol–water partition coefficient (Wildman–Crippen LogP) is 3.32. The molecular weight excluding hydrogens is 290 g/mol. The van der Waals surface area contributed by atoms with Gasteiger partial charge in [-0.15, -0.1) is 0 Å². The number of likely N-dealkylation sites (tertiary alicyclic amines) is 1. The van der Waals surface area contributed by atoms with E-state index < -0.39 is 0 Å². The number of piperidine rings is 1. The highest BCUT2D eigenvalue weighted by Gasteiger charge is 2.61. The van der Waals surface area contributed by atoms with Crippen LogP contribution in [0.1, 0.15) is 58.2 Å². The molecule has 0 unspecified atom stereocenters. The van der Waals surface area contributed by atoms with Crippen LogP contribution in [-0.4, -0.2) is 34.0 Å². The lowest BCUT2D eigenvalue weighted by molar-refractivity contribution is -0.134. The highest BCUT2D eigenvalue weighted by atomic mass is 16.5. The van der Waals surface area contributed by atoms with Crippen LogP contribution in [0, 0.1) is 24.2 Å². The van der Waals surface area contributed by atoms with Gasteiger partial charge in [0.05, 0.1) is 5.92 Å². The molecule has 0 spiro atoms. The number of amides is 1. The van der Waals surface area contributed by atoms with Gasteiger partial charge in [0.1, 0.15) is 0 Å². The number of aryl methyl sites for hydroxylation is 1. The topological polar surface area (TPSA) is 59.2 Å². The monoisotopic (exact) mass is 317 g/mol. The van der Waals surface area contributed by atoms with Crippen molar-refractivity contribution in [2.24, 2.45) is 17.3 Å². The molecule has 2 fully saturated rings. The Kier molecular flexibility index (Phi) is 4.07. The molecule has 2 aliphatic rings. The minimum absolute atomic E-state index is 0.0734. The van der Waals surface area contributed by atoms with Gasteiger partial charge in [0.2, 0.25) is 11.8 Å². The molecule has 1 aliphatic heterocycles. The summed E-state index contributed by atoms with van der Waals surface area (Å²) in [6.45, 7) is 12.0. The summed E-state index contributed by atoms with van der Waals surface area (Å²) in [7, 11) is 0. The zero-order chi connectivity index (χ0) is 16.8. The van der Waals surface area contributed by atoms with Crippen molar-refractivity contribution in [1.29, 1.82) is 0 Å². The third kappa shape index (κ3) is 3.06.